The fourth-order valence-electron chi connectivity index (χ4n) is 1.37. The molecule has 1 aromatic carbocycles. The van der Waals surface area contributed by atoms with Gasteiger partial charge in [0.25, 0.3) is 15.0 Å². The Morgan fingerprint density at radius 2 is 2.10 bits per heavy atom. The zero-order valence-electron chi connectivity index (χ0n) is 10.5. The number of hydrogen-bond donors (Lipinski definition) is 1. The molecule has 5 nitrogen and oxygen atoms in total. The zero-order valence-corrected chi connectivity index (χ0v) is 12.8. The molecule has 1 amide bonds. The molecule has 0 atom stereocenters. The van der Waals surface area contributed by atoms with Gasteiger partial charge in [0, 0.05) is 23.8 Å². The average Bonchev–Trinajstić information content (AvgIpc) is 2.32. The van der Waals surface area contributed by atoms with Crippen LogP contribution in [0.3, 0.4) is 0 Å². The number of carbonyl (C=O) groups excluding carboxylic acids is 1. The van der Waals surface area contributed by atoms with Crippen molar-refractivity contribution < 1.29 is 22.3 Å². The molecule has 0 unspecified atom stereocenters. The van der Waals surface area contributed by atoms with Crippen molar-refractivity contribution >= 4 is 37.2 Å². The summed E-state index contributed by atoms with van der Waals surface area (Å²) in [5, 5.41) is 2.26. The first-order valence-electron chi connectivity index (χ1n) is 5.57. The molecule has 0 spiro atoms. The quantitative estimate of drug-likeness (QED) is 0.634. The fraction of sp³-hybridized carbons (Fsp3) is 0.364. The highest BCUT2D eigenvalue weighted by Gasteiger charge is 2.21. The molecular weight excluding hydrogens is 332 g/mol. The third-order valence-electron chi connectivity index (χ3n) is 2.26. The average molecular weight is 344 g/mol. The summed E-state index contributed by atoms with van der Waals surface area (Å²) in [6.45, 7) is 2.81. The van der Waals surface area contributed by atoms with E-state index in [1.165, 1.54) is 0 Å². The van der Waals surface area contributed by atoms with E-state index in [4.69, 9.17) is 27.0 Å². The molecular formula is C11H12Cl2FNO4S. The molecule has 0 heterocycles. The lowest BCUT2D eigenvalue weighted by atomic mass is 10.2. The molecule has 0 fully saturated rings. The van der Waals surface area contributed by atoms with Crippen LogP contribution in [0.4, 0.5) is 4.39 Å². The summed E-state index contributed by atoms with van der Waals surface area (Å²) in [4.78, 5) is 11.0. The van der Waals surface area contributed by atoms with E-state index in [0.29, 0.717) is 13.2 Å². The maximum absolute atomic E-state index is 13.4. The van der Waals surface area contributed by atoms with Gasteiger partial charge in [-0.1, -0.05) is 11.6 Å². The highest BCUT2D eigenvalue weighted by molar-refractivity contribution is 8.13. The molecule has 20 heavy (non-hydrogen) atoms. The van der Waals surface area contributed by atoms with E-state index in [-0.39, 0.29) is 17.1 Å². The van der Waals surface area contributed by atoms with Crippen LogP contribution < -0.4 is 5.32 Å². The van der Waals surface area contributed by atoms with Gasteiger partial charge in [0.05, 0.1) is 17.2 Å². The number of ether oxygens (including phenoxy) is 1. The van der Waals surface area contributed by atoms with Crippen molar-refractivity contribution in [3.63, 3.8) is 0 Å². The fourth-order valence-corrected chi connectivity index (χ4v) is 2.51. The molecule has 0 saturated heterocycles. The van der Waals surface area contributed by atoms with Crippen LogP contribution in [0.5, 0.6) is 0 Å². The van der Waals surface area contributed by atoms with Crippen LogP contribution in [0.1, 0.15) is 17.3 Å². The van der Waals surface area contributed by atoms with Gasteiger partial charge in [0.2, 0.25) is 0 Å². The van der Waals surface area contributed by atoms with Crippen LogP contribution in [-0.2, 0) is 13.8 Å². The second kappa shape index (κ2) is 7.21. The van der Waals surface area contributed by atoms with E-state index in [1.54, 1.807) is 6.92 Å². The Morgan fingerprint density at radius 3 is 2.65 bits per heavy atom. The summed E-state index contributed by atoms with van der Waals surface area (Å²) in [6.07, 6.45) is 0. The van der Waals surface area contributed by atoms with Crippen molar-refractivity contribution in [3.8, 4) is 0 Å². The molecule has 0 bridgehead atoms. The Morgan fingerprint density at radius 1 is 1.45 bits per heavy atom. The van der Waals surface area contributed by atoms with E-state index in [0.717, 1.165) is 12.1 Å². The van der Waals surface area contributed by atoms with Crippen LogP contribution in [0, 0.1) is 5.82 Å². The highest BCUT2D eigenvalue weighted by atomic mass is 35.7. The summed E-state index contributed by atoms with van der Waals surface area (Å²) >= 11 is 5.72. The Bertz CT molecular complexity index is 607. The number of benzene rings is 1. The maximum atomic E-state index is 13.4. The molecule has 0 radical (unpaired) electrons. The van der Waals surface area contributed by atoms with E-state index >= 15 is 0 Å². The van der Waals surface area contributed by atoms with Gasteiger partial charge in [-0.15, -0.1) is 0 Å². The van der Waals surface area contributed by atoms with Gasteiger partial charge >= 0.3 is 0 Å². The first-order chi connectivity index (χ1) is 9.27. The van der Waals surface area contributed by atoms with Crippen molar-refractivity contribution in [2.24, 2.45) is 0 Å². The SMILES string of the molecule is CCOCCNC(=O)c1cc(S(=O)(=O)Cl)c(F)cc1Cl. The molecule has 0 saturated carbocycles. The number of halogens is 3. The van der Waals surface area contributed by atoms with E-state index in [9.17, 15) is 17.6 Å². The predicted molar refractivity (Wildman–Crippen MR) is 73.3 cm³/mol. The van der Waals surface area contributed by atoms with Crippen LogP contribution >= 0.6 is 22.3 Å². The molecule has 0 aliphatic carbocycles. The van der Waals surface area contributed by atoms with E-state index in [2.05, 4.69) is 5.32 Å². The molecule has 0 aliphatic rings. The number of amides is 1. The summed E-state index contributed by atoms with van der Waals surface area (Å²) in [7, 11) is 0.774. The van der Waals surface area contributed by atoms with Crippen molar-refractivity contribution in [2.45, 2.75) is 11.8 Å². The van der Waals surface area contributed by atoms with E-state index in [1.807, 2.05) is 0 Å². The van der Waals surface area contributed by atoms with Crippen LogP contribution in [0.2, 0.25) is 5.02 Å². The molecule has 9 heteroatoms. The third-order valence-corrected chi connectivity index (χ3v) is 3.91. The van der Waals surface area contributed by atoms with Gasteiger partial charge in [-0.05, 0) is 19.1 Å². The first kappa shape index (κ1) is 17.2. The van der Waals surface area contributed by atoms with Gasteiger partial charge in [-0.25, -0.2) is 12.8 Å². The number of nitrogens with one attached hydrogen (secondary N) is 1. The van der Waals surface area contributed by atoms with Crippen molar-refractivity contribution in [1.29, 1.82) is 0 Å². The van der Waals surface area contributed by atoms with Crippen LogP contribution in [0.15, 0.2) is 17.0 Å². The van der Waals surface area contributed by atoms with Gasteiger partial charge < -0.3 is 10.1 Å². The normalized spacial score (nSPS) is 11.4. The first-order valence-corrected chi connectivity index (χ1v) is 8.25. The van der Waals surface area contributed by atoms with Gasteiger partial charge in [-0.2, -0.15) is 0 Å². The molecule has 1 N–H and O–H groups in total. The molecule has 0 aliphatic heterocycles. The minimum atomic E-state index is -4.30. The smallest absolute Gasteiger partial charge is 0.264 e. The van der Waals surface area contributed by atoms with E-state index < -0.39 is 25.7 Å². The molecule has 1 rings (SSSR count). The Kier molecular flexibility index (Phi) is 6.19. The highest BCUT2D eigenvalue weighted by Crippen LogP contribution is 2.26. The largest absolute Gasteiger partial charge is 0.380 e. The lowest BCUT2D eigenvalue weighted by molar-refractivity contribution is 0.0922. The van der Waals surface area contributed by atoms with Crippen molar-refractivity contribution in [3.05, 3.63) is 28.5 Å². The van der Waals surface area contributed by atoms with Gasteiger partial charge in [-0.3, -0.25) is 4.79 Å². The van der Waals surface area contributed by atoms with Crippen molar-refractivity contribution in [1.82, 2.24) is 5.32 Å². The number of hydrogen-bond acceptors (Lipinski definition) is 4. The monoisotopic (exact) mass is 343 g/mol. The number of rotatable bonds is 6. The minimum Gasteiger partial charge on any atom is -0.380 e. The Hall–Kier alpha value is -0.890. The zero-order chi connectivity index (χ0) is 15.3. The minimum absolute atomic E-state index is 0.177. The molecule has 0 aromatic heterocycles. The summed E-state index contributed by atoms with van der Waals surface area (Å²) in [5.74, 6) is -1.76. The molecule has 112 valence electrons. The summed E-state index contributed by atoms with van der Waals surface area (Å²) in [6, 6.07) is 1.53. The van der Waals surface area contributed by atoms with Crippen LogP contribution in [0.25, 0.3) is 0 Å². The van der Waals surface area contributed by atoms with Crippen LogP contribution in [-0.4, -0.2) is 34.1 Å². The second-order valence-electron chi connectivity index (χ2n) is 3.65. The Labute approximate surface area is 125 Å². The Balaban J connectivity index is 2.98. The lowest BCUT2D eigenvalue weighted by Crippen LogP contribution is -2.27. The van der Waals surface area contributed by atoms with Crippen molar-refractivity contribution in [2.75, 3.05) is 19.8 Å². The second-order valence-corrected chi connectivity index (χ2v) is 6.59. The maximum Gasteiger partial charge on any atom is 0.264 e. The number of carbonyl (C=O) groups is 1. The predicted octanol–water partition coefficient (Wildman–Crippen LogP) is 2.17. The molecule has 1 aromatic rings. The lowest BCUT2D eigenvalue weighted by Gasteiger charge is -2.08. The third kappa shape index (κ3) is 4.59. The van der Waals surface area contributed by atoms with Gasteiger partial charge in [0.15, 0.2) is 0 Å². The standard InChI is InChI=1S/C11H12Cl2FNO4S/c1-2-19-4-3-15-11(16)7-5-10(20(13,17)18)9(14)6-8(7)12/h5-6H,2-4H2,1H3,(H,15,16). The summed E-state index contributed by atoms with van der Waals surface area (Å²) < 4.78 is 40.8. The topological polar surface area (TPSA) is 72.5 Å². The summed E-state index contributed by atoms with van der Waals surface area (Å²) in [5.41, 5.74) is -0.177. The van der Waals surface area contributed by atoms with Gasteiger partial charge in [0.1, 0.15) is 10.7 Å².